The lowest BCUT2D eigenvalue weighted by molar-refractivity contribution is -0.148. The van der Waals surface area contributed by atoms with Crippen LogP contribution in [0.5, 0.6) is 0 Å². The molecule has 1 rings (SSSR count). The summed E-state index contributed by atoms with van der Waals surface area (Å²) in [5.41, 5.74) is 0. The van der Waals surface area contributed by atoms with Crippen molar-refractivity contribution in [3.8, 4) is 0 Å². The summed E-state index contributed by atoms with van der Waals surface area (Å²) in [6.45, 7) is 3.89. The minimum absolute atomic E-state index is 0.0215. The molecule has 2 heteroatoms. The molecule has 2 nitrogen and oxygen atoms in total. The van der Waals surface area contributed by atoms with Gasteiger partial charge in [-0.05, 0) is 12.8 Å². The summed E-state index contributed by atoms with van der Waals surface area (Å²) < 4.78 is 5.07. The van der Waals surface area contributed by atoms with Crippen molar-refractivity contribution in [2.24, 2.45) is 5.92 Å². The Hall–Kier alpha value is -0.790. The first-order valence-corrected chi connectivity index (χ1v) is 5.62. The topological polar surface area (TPSA) is 26.3 Å². The minimum Gasteiger partial charge on any atom is -0.461 e. The van der Waals surface area contributed by atoms with Gasteiger partial charge in [0.2, 0.25) is 0 Å². The van der Waals surface area contributed by atoms with Gasteiger partial charge in [0.25, 0.3) is 0 Å². The fourth-order valence-electron chi connectivity index (χ4n) is 1.95. The maximum atomic E-state index is 11.6. The quantitative estimate of drug-likeness (QED) is 0.512. The van der Waals surface area contributed by atoms with E-state index in [1.807, 2.05) is 0 Å². The first-order chi connectivity index (χ1) is 6.84. The van der Waals surface area contributed by atoms with Crippen molar-refractivity contribution >= 4 is 5.97 Å². The van der Waals surface area contributed by atoms with Gasteiger partial charge in [-0.2, -0.15) is 0 Å². The van der Waals surface area contributed by atoms with Crippen LogP contribution in [0.2, 0.25) is 0 Å². The van der Waals surface area contributed by atoms with Crippen LogP contribution in [0.15, 0.2) is 12.7 Å². The maximum absolute atomic E-state index is 11.6. The average Bonchev–Trinajstić information content (AvgIpc) is 2.13. The maximum Gasteiger partial charge on any atom is 0.309 e. The zero-order chi connectivity index (χ0) is 10.2. The van der Waals surface area contributed by atoms with E-state index in [4.69, 9.17) is 4.74 Å². The van der Waals surface area contributed by atoms with Crippen molar-refractivity contribution < 1.29 is 9.53 Å². The van der Waals surface area contributed by atoms with E-state index in [2.05, 4.69) is 6.58 Å². The molecule has 0 unspecified atom stereocenters. The Morgan fingerprint density at radius 1 is 1.21 bits per heavy atom. The van der Waals surface area contributed by atoms with E-state index in [1.54, 1.807) is 6.08 Å². The molecule has 0 radical (unpaired) electrons. The minimum atomic E-state index is -0.0215. The average molecular weight is 196 g/mol. The molecule has 0 aliphatic heterocycles. The van der Waals surface area contributed by atoms with Gasteiger partial charge in [0, 0.05) is 0 Å². The second-order valence-electron chi connectivity index (χ2n) is 3.96. The van der Waals surface area contributed by atoms with Crippen LogP contribution >= 0.6 is 0 Å². The van der Waals surface area contributed by atoms with E-state index in [1.165, 1.54) is 32.1 Å². The van der Waals surface area contributed by atoms with E-state index in [-0.39, 0.29) is 11.9 Å². The molecule has 14 heavy (non-hydrogen) atoms. The Morgan fingerprint density at radius 2 is 1.79 bits per heavy atom. The fourth-order valence-corrected chi connectivity index (χ4v) is 1.95. The number of esters is 1. The van der Waals surface area contributed by atoms with E-state index in [0.717, 1.165) is 12.8 Å². The van der Waals surface area contributed by atoms with Crippen molar-refractivity contribution in [1.82, 2.24) is 0 Å². The van der Waals surface area contributed by atoms with Crippen molar-refractivity contribution in [2.75, 3.05) is 6.61 Å². The highest BCUT2D eigenvalue weighted by molar-refractivity contribution is 5.72. The zero-order valence-electron chi connectivity index (χ0n) is 8.84. The van der Waals surface area contributed by atoms with Gasteiger partial charge in [-0.3, -0.25) is 4.79 Å². The highest BCUT2D eigenvalue weighted by Gasteiger charge is 2.19. The molecule has 0 aromatic heterocycles. The number of hydrogen-bond donors (Lipinski definition) is 0. The Balaban J connectivity index is 2.31. The normalized spacial score (nSPS) is 19.4. The molecule has 0 aromatic carbocycles. The van der Waals surface area contributed by atoms with E-state index in [9.17, 15) is 4.79 Å². The van der Waals surface area contributed by atoms with Gasteiger partial charge in [-0.25, -0.2) is 0 Å². The number of carbonyl (C=O) groups is 1. The predicted molar refractivity (Wildman–Crippen MR) is 57.0 cm³/mol. The summed E-state index contributed by atoms with van der Waals surface area (Å²) in [6, 6.07) is 0. The highest BCUT2D eigenvalue weighted by Crippen LogP contribution is 2.23. The largest absolute Gasteiger partial charge is 0.461 e. The molecule has 1 aliphatic rings. The SMILES string of the molecule is C=CCOC(=O)C1CCCCCCC1. The van der Waals surface area contributed by atoms with Crippen molar-refractivity contribution in [1.29, 1.82) is 0 Å². The van der Waals surface area contributed by atoms with Crippen LogP contribution in [0.3, 0.4) is 0 Å². The standard InChI is InChI=1S/C12H20O2/c1-2-10-14-12(13)11-8-6-4-3-5-7-9-11/h2,11H,1,3-10H2. The summed E-state index contributed by atoms with van der Waals surface area (Å²) in [5, 5.41) is 0. The second-order valence-corrected chi connectivity index (χ2v) is 3.96. The molecule has 1 saturated carbocycles. The summed E-state index contributed by atoms with van der Waals surface area (Å²) >= 11 is 0. The first-order valence-electron chi connectivity index (χ1n) is 5.62. The second kappa shape index (κ2) is 6.63. The molecule has 0 N–H and O–H groups in total. The zero-order valence-corrected chi connectivity index (χ0v) is 8.84. The molecule has 80 valence electrons. The Morgan fingerprint density at radius 3 is 2.36 bits per heavy atom. The third kappa shape index (κ3) is 3.95. The van der Waals surface area contributed by atoms with Gasteiger partial charge < -0.3 is 4.74 Å². The summed E-state index contributed by atoms with van der Waals surface area (Å²) in [4.78, 5) is 11.6. The van der Waals surface area contributed by atoms with Gasteiger partial charge in [-0.1, -0.05) is 44.8 Å². The summed E-state index contributed by atoms with van der Waals surface area (Å²) in [5.74, 6) is 0.127. The molecule has 0 aromatic rings. The highest BCUT2D eigenvalue weighted by atomic mass is 16.5. The Bertz CT molecular complexity index is 179. The molecule has 0 spiro atoms. The van der Waals surface area contributed by atoms with Crippen molar-refractivity contribution in [3.05, 3.63) is 12.7 Å². The van der Waals surface area contributed by atoms with Gasteiger partial charge in [-0.15, -0.1) is 0 Å². The Kier molecular flexibility index (Phi) is 5.35. The van der Waals surface area contributed by atoms with Crippen LogP contribution in [-0.2, 0) is 9.53 Å². The Labute approximate surface area is 86.3 Å². The molecule has 0 atom stereocenters. The summed E-state index contributed by atoms with van der Waals surface area (Å²) in [6.07, 6.45) is 9.86. The number of carbonyl (C=O) groups excluding carboxylic acids is 1. The van der Waals surface area contributed by atoms with Gasteiger partial charge in [0.15, 0.2) is 0 Å². The van der Waals surface area contributed by atoms with Crippen LogP contribution in [0, 0.1) is 5.92 Å². The third-order valence-corrected chi connectivity index (χ3v) is 2.78. The smallest absolute Gasteiger partial charge is 0.309 e. The van der Waals surface area contributed by atoms with Gasteiger partial charge >= 0.3 is 5.97 Å². The lowest BCUT2D eigenvalue weighted by atomic mass is 9.91. The number of ether oxygens (including phenoxy) is 1. The fraction of sp³-hybridized carbons (Fsp3) is 0.750. The number of rotatable bonds is 3. The number of hydrogen-bond acceptors (Lipinski definition) is 2. The molecular formula is C12H20O2. The van der Waals surface area contributed by atoms with Crippen molar-refractivity contribution in [3.63, 3.8) is 0 Å². The lowest BCUT2D eigenvalue weighted by Gasteiger charge is -2.17. The molecule has 1 fully saturated rings. The molecular weight excluding hydrogens is 176 g/mol. The van der Waals surface area contributed by atoms with Gasteiger partial charge in [0.1, 0.15) is 6.61 Å². The van der Waals surface area contributed by atoms with Crippen LogP contribution in [0.25, 0.3) is 0 Å². The molecule has 0 bridgehead atoms. The third-order valence-electron chi connectivity index (χ3n) is 2.78. The molecule has 0 amide bonds. The summed E-state index contributed by atoms with van der Waals surface area (Å²) in [7, 11) is 0. The monoisotopic (exact) mass is 196 g/mol. The van der Waals surface area contributed by atoms with Gasteiger partial charge in [0.05, 0.1) is 5.92 Å². The lowest BCUT2D eigenvalue weighted by Crippen LogP contribution is -2.18. The molecule has 1 aliphatic carbocycles. The first kappa shape index (κ1) is 11.3. The van der Waals surface area contributed by atoms with Crippen LogP contribution in [-0.4, -0.2) is 12.6 Å². The molecule has 0 heterocycles. The van der Waals surface area contributed by atoms with E-state index < -0.39 is 0 Å². The van der Waals surface area contributed by atoms with E-state index >= 15 is 0 Å². The molecule has 0 saturated heterocycles. The van der Waals surface area contributed by atoms with Crippen LogP contribution in [0.1, 0.15) is 44.9 Å². The van der Waals surface area contributed by atoms with Crippen LogP contribution in [0.4, 0.5) is 0 Å². The van der Waals surface area contributed by atoms with Crippen molar-refractivity contribution in [2.45, 2.75) is 44.9 Å². The van der Waals surface area contributed by atoms with Crippen LogP contribution < -0.4 is 0 Å². The predicted octanol–water partition coefficient (Wildman–Crippen LogP) is 3.08. The van der Waals surface area contributed by atoms with E-state index in [0.29, 0.717) is 6.61 Å².